The molecule has 186 valence electrons. The molecule has 0 spiro atoms. The average Bonchev–Trinajstić information content (AvgIpc) is 2.81. The third-order valence-electron chi connectivity index (χ3n) is 5.90. The van der Waals surface area contributed by atoms with Crippen LogP contribution in [0, 0.1) is 6.92 Å². The summed E-state index contributed by atoms with van der Waals surface area (Å²) in [6, 6.07) is 6.53. The van der Waals surface area contributed by atoms with Gasteiger partial charge in [0.15, 0.2) is 5.65 Å². The van der Waals surface area contributed by atoms with Gasteiger partial charge in [0, 0.05) is 30.8 Å². The van der Waals surface area contributed by atoms with Crippen molar-refractivity contribution in [2.24, 2.45) is 0 Å². The number of alkyl halides is 2. The van der Waals surface area contributed by atoms with Gasteiger partial charge in [0.05, 0.1) is 24.1 Å². The molecule has 7 nitrogen and oxygen atoms in total. The van der Waals surface area contributed by atoms with Crippen molar-refractivity contribution in [3.05, 3.63) is 47.3 Å². The fourth-order valence-electron chi connectivity index (χ4n) is 4.35. The Labute approximate surface area is 203 Å². The average molecular weight is 485 g/mol. The summed E-state index contributed by atoms with van der Waals surface area (Å²) in [6.07, 6.45) is 0.331. The number of nitrogens with zero attached hydrogens (tertiary/aromatic N) is 4. The van der Waals surface area contributed by atoms with Crippen molar-refractivity contribution >= 4 is 17.3 Å². The lowest BCUT2D eigenvalue weighted by Crippen LogP contribution is -2.42. The van der Waals surface area contributed by atoms with E-state index in [2.05, 4.69) is 9.97 Å². The SMILES string of the molecule is COc1cc(C)cc(C(F)F)c1-c1ccc2ncc([C@@H]3CCCN(C(=O)OC(C)(C)C)C3)nc2n1. The Bertz CT molecular complexity index is 1240. The monoisotopic (exact) mass is 484 g/mol. The molecule has 0 aliphatic carbocycles. The Morgan fingerprint density at radius 3 is 2.66 bits per heavy atom. The lowest BCUT2D eigenvalue weighted by molar-refractivity contribution is 0.0197. The third-order valence-corrected chi connectivity index (χ3v) is 5.90. The molecule has 1 amide bonds. The molecule has 0 radical (unpaired) electrons. The van der Waals surface area contributed by atoms with Crippen LogP contribution in [0.3, 0.4) is 0 Å². The summed E-state index contributed by atoms with van der Waals surface area (Å²) < 4.78 is 38.7. The molecule has 1 fully saturated rings. The lowest BCUT2D eigenvalue weighted by Gasteiger charge is -2.33. The van der Waals surface area contributed by atoms with Gasteiger partial charge in [-0.2, -0.15) is 0 Å². The molecule has 9 heteroatoms. The summed E-state index contributed by atoms with van der Waals surface area (Å²) in [5, 5.41) is 0. The third kappa shape index (κ3) is 5.49. The van der Waals surface area contributed by atoms with Crippen LogP contribution < -0.4 is 4.74 Å². The van der Waals surface area contributed by atoms with Gasteiger partial charge >= 0.3 is 6.09 Å². The van der Waals surface area contributed by atoms with E-state index in [-0.39, 0.29) is 23.1 Å². The molecule has 1 aromatic carbocycles. The van der Waals surface area contributed by atoms with Gasteiger partial charge in [-0.15, -0.1) is 0 Å². The minimum absolute atomic E-state index is 0.0239. The number of hydrogen-bond donors (Lipinski definition) is 0. The second-order valence-electron chi connectivity index (χ2n) is 9.83. The first-order valence-electron chi connectivity index (χ1n) is 11.6. The first-order chi connectivity index (χ1) is 16.6. The van der Waals surface area contributed by atoms with Gasteiger partial charge < -0.3 is 14.4 Å². The van der Waals surface area contributed by atoms with Crippen LogP contribution in [0.4, 0.5) is 13.6 Å². The van der Waals surface area contributed by atoms with E-state index in [1.165, 1.54) is 13.2 Å². The fraction of sp³-hybridized carbons (Fsp3) is 0.462. The quantitative estimate of drug-likeness (QED) is 0.448. The molecule has 2 aromatic heterocycles. The van der Waals surface area contributed by atoms with Gasteiger partial charge in [0.2, 0.25) is 0 Å². The summed E-state index contributed by atoms with van der Waals surface area (Å²) in [4.78, 5) is 28.1. The standard InChI is InChI=1S/C26H30F2N4O3/c1-15-11-17(23(27)28)22(21(12-15)34-5)18-8-9-19-24(30-18)31-20(13-29-19)16-7-6-10-32(14-16)25(33)35-26(2,3)4/h8-9,11-13,16,23H,6-7,10,14H2,1-5H3/t16-/m1/s1. The number of ether oxygens (including phenoxy) is 2. The Kier molecular flexibility index (Phi) is 6.87. The summed E-state index contributed by atoms with van der Waals surface area (Å²) in [5.74, 6) is 0.306. The van der Waals surface area contributed by atoms with Gasteiger partial charge in [-0.25, -0.2) is 23.5 Å². The number of rotatable bonds is 4. The van der Waals surface area contributed by atoms with Crippen LogP contribution in [0.1, 0.15) is 62.8 Å². The molecule has 0 saturated carbocycles. The Hall–Kier alpha value is -3.36. The van der Waals surface area contributed by atoms with Crippen LogP contribution in [-0.2, 0) is 4.74 Å². The lowest BCUT2D eigenvalue weighted by atomic mass is 9.95. The molecular weight excluding hydrogens is 454 g/mol. The van der Waals surface area contributed by atoms with Crippen LogP contribution in [0.2, 0.25) is 0 Å². The highest BCUT2D eigenvalue weighted by Crippen LogP contribution is 2.39. The van der Waals surface area contributed by atoms with E-state index in [9.17, 15) is 13.6 Å². The maximum absolute atomic E-state index is 13.9. The van der Waals surface area contributed by atoms with E-state index >= 15 is 0 Å². The van der Waals surface area contributed by atoms with Crippen LogP contribution >= 0.6 is 0 Å². The van der Waals surface area contributed by atoms with Gasteiger partial charge in [0.25, 0.3) is 6.43 Å². The van der Waals surface area contributed by atoms with Crippen LogP contribution in [0.25, 0.3) is 22.4 Å². The number of aryl methyl sites for hydroxylation is 1. The van der Waals surface area contributed by atoms with E-state index in [1.807, 2.05) is 20.8 Å². The zero-order chi connectivity index (χ0) is 25.3. The molecule has 35 heavy (non-hydrogen) atoms. The molecular formula is C26H30F2N4O3. The normalized spacial score (nSPS) is 16.6. The minimum Gasteiger partial charge on any atom is -0.496 e. The fourth-order valence-corrected chi connectivity index (χ4v) is 4.35. The van der Waals surface area contributed by atoms with Crippen molar-refractivity contribution in [2.75, 3.05) is 20.2 Å². The van der Waals surface area contributed by atoms with E-state index in [0.29, 0.717) is 47.0 Å². The topological polar surface area (TPSA) is 77.4 Å². The number of piperidine rings is 1. The number of hydrogen-bond acceptors (Lipinski definition) is 6. The highest BCUT2D eigenvalue weighted by molar-refractivity contribution is 5.79. The second kappa shape index (κ2) is 9.71. The number of benzene rings is 1. The number of methoxy groups -OCH3 is 1. The van der Waals surface area contributed by atoms with Gasteiger partial charge in [-0.3, -0.25) is 4.98 Å². The van der Waals surface area contributed by atoms with Gasteiger partial charge in [0.1, 0.15) is 16.9 Å². The van der Waals surface area contributed by atoms with Gasteiger partial charge in [-0.1, -0.05) is 0 Å². The molecule has 0 N–H and O–H groups in total. The van der Waals surface area contributed by atoms with Crippen molar-refractivity contribution < 1.29 is 23.0 Å². The Balaban J connectivity index is 1.68. The minimum atomic E-state index is -2.69. The van der Waals surface area contributed by atoms with Crippen molar-refractivity contribution in [1.82, 2.24) is 19.9 Å². The predicted octanol–water partition coefficient (Wildman–Crippen LogP) is 6.06. The second-order valence-corrected chi connectivity index (χ2v) is 9.83. The summed E-state index contributed by atoms with van der Waals surface area (Å²) >= 11 is 0. The smallest absolute Gasteiger partial charge is 0.410 e. The molecule has 4 rings (SSSR count). The number of amides is 1. The predicted molar refractivity (Wildman–Crippen MR) is 129 cm³/mol. The highest BCUT2D eigenvalue weighted by atomic mass is 19.3. The van der Waals surface area contributed by atoms with E-state index in [1.54, 1.807) is 36.2 Å². The number of aromatic nitrogens is 3. The molecule has 1 atom stereocenters. The number of likely N-dealkylation sites (tertiary alicyclic amines) is 1. The molecule has 1 aliphatic rings. The summed E-state index contributed by atoms with van der Waals surface area (Å²) in [6.45, 7) is 8.36. The van der Waals surface area contributed by atoms with Crippen LogP contribution in [0.15, 0.2) is 30.5 Å². The number of carbonyl (C=O) groups excluding carboxylic acids is 1. The summed E-state index contributed by atoms with van der Waals surface area (Å²) in [7, 11) is 1.45. The van der Waals surface area contributed by atoms with E-state index in [0.717, 1.165) is 12.8 Å². The molecule has 0 bridgehead atoms. The maximum Gasteiger partial charge on any atom is 0.410 e. The van der Waals surface area contributed by atoms with Crippen molar-refractivity contribution in [3.8, 4) is 17.0 Å². The molecule has 1 saturated heterocycles. The first-order valence-corrected chi connectivity index (χ1v) is 11.6. The van der Waals surface area contributed by atoms with E-state index < -0.39 is 12.0 Å². The number of pyridine rings is 1. The summed E-state index contributed by atoms with van der Waals surface area (Å²) in [5.41, 5.74) is 2.18. The van der Waals surface area contributed by atoms with Crippen molar-refractivity contribution in [2.45, 2.75) is 58.5 Å². The van der Waals surface area contributed by atoms with E-state index in [4.69, 9.17) is 14.5 Å². The molecule has 1 aliphatic heterocycles. The maximum atomic E-state index is 13.9. The van der Waals surface area contributed by atoms with Crippen molar-refractivity contribution in [3.63, 3.8) is 0 Å². The Morgan fingerprint density at radius 2 is 1.97 bits per heavy atom. The van der Waals surface area contributed by atoms with Crippen LogP contribution in [-0.4, -0.2) is 51.7 Å². The number of carbonyl (C=O) groups is 1. The highest BCUT2D eigenvalue weighted by Gasteiger charge is 2.29. The zero-order valence-electron chi connectivity index (χ0n) is 20.6. The molecule has 0 unspecified atom stereocenters. The van der Waals surface area contributed by atoms with Crippen LogP contribution in [0.5, 0.6) is 5.75 Å². The molecule has 3 aromatic rings. The zero-order valence-corrected chi connectivity index (χ0v) is 20.6. The largest absolute Gasteiger partial charge is 0.496 e. The molecule has 3 heterocycles. The Morgan fingerprint density at radius 1 is 1.20 bits per heavy atom. The number of fused-ring (bicyclic) bond motifs is 1. The van der Waals surface area contributed by atoms with Crippen molar-refractivity contribution in [1.29, 1.82) is 0 Å². The first kappa shape index (κ1) is 24.8. The number of halogens is 2. The van der Waals surface area contributed by atoms with Gasteiger partial charge in [-0.05, 0) is 70.4 Å².